The Morgan fingerprint density at radius 1 is 1.00 bits per heavy atom. The molecule has 0 aromatic heterocycles. The number of nitrogens with one attached hydrogen (secondary N) is 1. The van der Waals surface area contributed by atoms with Crippen molar-refractivity contribution in [1.29, 1.82) is 5.26 Å². The Morgan fingerprint density at radius 3 is 2.31 bits per heavy atom. The highest BCUT2D eigenvalue weighted by atomic mass is 79.9. The van der Waals surface area contributed by atoms with Gasteiger partial charge in [-0.05, 0) is 64.0 Å². The standard InChI is InChI=1S/C22H11BrCl2N4O6/c23-16-8-12(7-13(11-26)22(30)27-14-2-4-17(24)18(25)9-14)1-5-20(16)35-21-6-3-15(28(31)32)10-19(21)29(33)34/h1-10H,(H,27,30)/b13-7+. The summed E-state index contributed by atoms with van der Waals surface area (Å²) in [7, 11) is 0. The predicted octanol–water partition coefficient (Wildman–Crippen LogP) is 6.91. The number of nitro benzene ring substituents is 2. The van der Waals surface area contributed by atoms with Crippen LogP contribution in [0.15, 0.2) is 64.6 Å². The van der Waals surface area contributed by atoms with Gasteiger partial charge < -0.3 is 10.1 Å². The predicted molar refractivity (Wildman–Crippen MR) is 133 cm³/mol. The van der Waals surface area contributed by atoms with Crippen molar-refractivity contribution in [2.24, 2.45) is 0 Å². The summed E-state index contributed by atoms with van der Waals surface area (Å²) in [6, 6.07) is 13.8. The average molecular weight is 578 g/mol. The summed E-state index contributed by atoms with van der Waals surface area (Å²) in [5.41, 5.74) is -0.446. The van der Waals surface area contributed by atoms with E-state index < -0.39 is 27.1 Å². The Morgan fingerprint density at radius 2 is 1.71 bits per heavy atom. The number of hydrogen-bond donors (Lipinski definition) is 1. The number of carbonyl (C=O) groups excluding carboxylic acids is 1. The first-order valence-electron chi connectivity index (χ1n) is 9.37. The lowest BCUT2D eigenvalue weighted by atomic mass is 10.1. The van der Waals surface area contributed by atoms with Crippen LogP contribution in [0.25, 0.3) is 6.08 Å². The van der Waals surface area contributed by atoms with Crippen LogP contribution in [-0.4, -0.2) is 15.8 Å². The molecule has 10 nitrogen and oxygen atoms in total. The fourth-order valence-electron chi connectivity index (χ4n) is 2.74. The molecule has 0 bridgehead atoms. The summed E-state index contributed by atoms with van der Waals surface area (Å²) >= 11 is 15.1. The van der Waals surface area contributed by atoms with E-state index in [0.717, 1.165) is 18.2 Å². The van der Waals surface area contributed by atoms with Crippen molar-refractivity contribution in [2.45, 2.75) is 0 Å². The lowest BCUT2D eigenvalue weighted by Gasteiger charge is -2.09. The highest BCUT2D eigenvalue weighted by molar-refractivity contribution is 9.10. The molecule has 35 heavy (non-hydrogen) atoms. The second-order valence-electron chi connectivity index (χ2n) is 6.71. The molecular formula is C22H11BrCl2N4O6. The van der Waals surface area contributed by atoms with Crippen LogP contribution in [-0.2, 0) is 4.79 Å². The number of nitrogens with zero attached hydrogens (tertiary/aromatic N) is 3. The van der Waals surface area contributed by atoms with Crippen LogP contribution in [0.1, 0.15) is 5.56 Å². The first-order chi connectivity index (χ1) is 16.6. The van der Waals surface area contributed by atoms with Gasteiger partial charge in [0.25, 0.3) is 11.6 Å². The largest absolute Gasteiger partial charge is 0.449 e. The van der Waals surface area contributed by atoms with E-state index in [1.165, 1.54) is 42.5 Å². The van der Waals surface area contributed by atoms with Gasteiger partial charge in [-0.25, -0.2) is 0 Å². The van der Waals surface area contributed by atoms with Gasteiger partial charge in [0.05, 0.1) is 30.4 Å². The fourth-order valence-corrected chi connectivity index (χ4v) is 3.52. The summed E-state index contributed by atoms with van der Waals surface area (Å²) in [6.07, 6.45) is 1.33. The minimum atomic E-state index is -0.793. The minimum absolute atomic E-state index is 0.165. The van der Waals surface area contributed by atoms with E-state index in [-0.39, 0.29) is 22.1 Å². The molecule has 0 spiro atoms. The third-order valence-electron chi connectivity index (χ3n) is 4.38. The van der Waals surface area contributed by atoms with Crippen molar-refractivity contribution < 1.29 is 19.4 Å². The Bertz CT molecular complexity index is 1440. The van der Waals surface area contributed by atoms with Gasteiger partial charge in [0.15, 0.2) is 0 Å². The average Bonchev–Trinajstić information content (AvgIpc) is 2.81. The molecule has 3 rings (SSSR count). The molecule has 13 heteroatoms. The van der Waals surface area contributed by atoms with Crippen LogP contribution < -0.4 is 10.1 Å². The molecular weight excluding hydrogens is 567 g/mol. The van der Waals surface area contributed by atoms with Crippen molar-refractivity contribution >= 4 is 68.2 Å². The molecule has 3 aromatic rings. The van der Waals surface area contributed by atoms with Crippen molar-refractivity contribution in [1.82, 2.24) is 0 Å². The fraction of sp³-hybridized carbons (Fsp3) is 0. The van der Waals surface area contributed by atoms with Gasteiger partial charge in [0.1, 0.15) is 17.4 Å². The van der Waals surface area contributed by atoms with Gasteiger partial charge in [-0.2, -0.15) is 5.26 Å². The molecule has 0 saturated carbocycles. The highest BCUT2D eigenvalue weighted by Gasteiger charge is 2.22. The second-order valence-corrected chi connectivity index (χ2v) is 8.38. The smallest absolute Gasteiger partial charge is 0.318 e. The summed E-state index contributed by atoms with van der Waals surface area (Å²) in [6.45, 7) is 0. The Labute approximate surface area is 215 Å². The molecule has 0 saturated heterocycles. The molecule has 1 amide bonds. The normalized spacial score (nSPS) is 10.9. The van der Waals surface area contributed by atoms with Crippen molar-refractivity contribution in [2.75, 3.05) is 5.32 Å². The first-order valence-corrected chi connectivity index (χ1v) is 10.9. The van der Waals surface area contributed by atoms with E-state index in [1.807, 2.05) is 6.07 Å². The van der Waals surface area contributed by atoms with E-state index in [1.54, 1.807) is 0 Å². The number of ether oxygens (including phenoxy) is 1. The molecule has 0 aliphatic carbocycles. The van der Waals surface area contributed by atoms with Crippen molar-refractivity contribution in [3.8, 4) is 17.6 Å². The Hall–Kier alpha value is -3.98. The number of benzene rings is 3. The van der Waals surface area contributed by atoms with Crippen LogP contribution in [0.2, 0.25) is 10.0 Å². The van der Waals surface area contributed by atoms with E-state index in [0.29, 0.717) is 20.7 Å². The maximum absolute atomic E-state index is 12.5. The highest BCUT2D eigenvalue weighted by Crippen LogP contribution is 2.37. The number of rotatable bonds is 7. The molecule has 3 aromatic carbocycles. The van der Waals surface area contributed by atoms with Gasteiger partial charge in [0, 0.05) is 11.8 Å². The molecule has 0 aliphatic rings. The number of carbonyl (C=O) groups is 1. The second kappa shape index (κ2) is 11.0. The molecule has 0 aliphatic heterocycles. The lowest BCUT2D eigenvalue weighted by Crippen LogP contribution is -2.13. The molecule has 1 N–H and O–H groups in total. The molecule has 0 heterocycles. The van der Waals surface area contributed by atoms with E-state index in [4.69, 9.17) is 27.9 Å². The lowest BCUT2D eigenvalue weighted by molar-refractivity contribution is -0.394. The van der Waals surface area contributed by atoms with Crippen molar-refractivity contribution in [3.63, 3.8) is 0 Å². The number of anilines is 1. The first kappa shape index (κ1) is 25.6. The summed E-state index contributed by atoms with van der Waals surface area (Å²) in [5.74, 6) is -0.718. The van der Waals surface area contributed by atoms with Crippen LogP contribution in [0.3, 0.4) is 0 Å². The number of halogens is 3. The Balaban J connectivity index is 1.83. The maximum Gasteiger partial charge on any atom is 0.318 e. The number of nitriles is 1. The van der Waals surface area contributed by atoms with E-state index >= 15 is 0 Å². The number of amides is 1. The number of nitro groups is 2. The SMILES string of the molecule is N#C/C(=C\c1ccc(Oc2ccc([N+](=O)[O-])cc2[N+](=O)[O-])c(Br)c1)C(=O)Nc1ccc(Cl)c(Cl)c1. The summed E-state index contributed by atoms with van der Waals surface area (Å²) in [4.78, 5) is 33.2. The van der Waals surface area contributed by atoms with Gasteiger partial charge in [-0.1, -0.05) is 29.3 Å². The quantitative estimate of drug-likeness (QED) is 0.139. The zero-order valence-corrected chi connectivity index (χ0v) is 20.3. The topological polar surface area (TPSA) is 148 Å². The molecule has 0 radical (unpaired) electrons. The zero-order chi connectivity index (χ0) is 25.7. The van der Waals surface area contributed by atoms with Crippen molar-refractivity contribution in [3.05, 3.63) is 100 Å². The van der Waals surface area contributed by atoms with Crippen LogP contribution in [0.5, 0.6) is 11.5 Å². The summed E-state index contributed by atoms with van der Waals surface area (Å²) < 4.78 is 5.92. The Kier molecular flexibility index (Phi) is 8.03. The van der Waals surface area contributed by atoms with Crippen LogP contribution >= 0.6 is 39.1 Å². The molecule has 176 valence electrons. The third kappa shape index (κ3) is 6.33. The van der Waals surface area contributed by atoms with Crippen LogP contribution in [0, 0.1) is 31.6 Å². The molecule has 0 fully saturated rings. The van der Waals surface area contributed by atoms with Crippen LogP contribution in [0.4, 0.5) is 17.1 Å². The van der Waals surface area contributed by atoms with Gasteiger partial charge in [-0.3, -0.25) is 25.0 Å². The summed E-state index contributed by atoms with van der Waals surface area (Å²) in [5, 5.41) is 34.7. The van der Waals surface area contributed by atoms with Gasteiger partial charge >= 0.3 is 5.69 Å². The number of hydrogen-bond acceptors (Lipinski definition) is 7. The monoisotopic (exact) mass is 576 g/mol. The van der Waals surface area contributed by atoms with Gasteiger partial charge in [-0.15, -0.1) is 0 Å². The zero-order valence-electron chi connectivity index (χ0n) is 17.2. The maximum atomic E-state index is 12.5. The minimum Gasteiger partial charge on any atom is -0.449 e. The molecule has 0 unspecified atom stereocenters. The molecule has 0 atom stereocenters. The van der Waals surface area contributed by atoms with E-state index in [9.17, 15) is 30.3 Å². The third-order valence-corrected chi connectivity index (χ3v) is 5.74. The van der Waals surface area contributed by atoms with E-state index in [2.05, 4.69) is 21.2 Å². The van der Waals surface area contributed by atoms with Gasteiger partial charge in [0.2, 0.25) is 5.75 Å². The number of non-ortho nitro benzene ring substituents is 1.